The lowest BCUT2D eigenvalue weighted by molar-refractivity contribution is -0.140. The summed E-state index contributed by atoms with van der Waals surface area (Å²) < 4.78 is 0.858. The first kappa shape index (κ1) is 23.6. The highest BCUT2D eigenvalue weighted by molar-refractivity contribution is 9.10. The second kappa shape index (κ2) is 9.13. The van der Waals surface area contributed by atoms with E-state index in [4.69, 9.17) is 23.2 Å². The Bertz CT molecular complexity index is 1070. The van der Waals surface area contributed by atoms with E-state index in [1.165, 1.54) is 9.80 Å². The van der Waals surface area contributed by atoms with Crippen LogP contribution in [0.1, 0.15) is 25.7 Å². The molecule has 2 heterocycles. The lowest BCUT2D eigenvalue weighted by Gasteiger charge is -2.32. The van der Waals surface area contributed by atoms with Crippen molar-refractivity contribution in [1.82, 2.24) is 9.80 Å². The number of amides is 4. The minimum atomic E-state index is -0.470. The second-order valence-electron chi connectivity index (χ2n) is 9.12. The molecule has 4 atom stereocenters. The number of hydrogen-bond acceptors (Lipinski definition) is 5. The number of hydrogen-bond donors (Lipinski definition) is 0. The normalized spacial score (nSPS) is 28.7. The highest BCUT2D eigenvalue weighted by Gasteiger charge is 2.51. The molecule has 2 fully saturated rings. The van der Waals surface area contributed by atoms with Crippen LogP contribution < -0.4 is 4.90 Å². The largest absolute Gasteiger partial charge is 0.335 e. The monoisotopic (exact) mass is 565 g/mol. The zero-order chi connectivity index (χ0) is 24.1. The van der Waals surface area contributed by atoms with E-state index in [9.17, 15) is 19.2 Å². The van der Waals surface area contributed by atoms with Crippen molar-refractivity contribution in [1.29, 1.82) is 0 Å². The number of anilines is 1. The predicted molar refractivity (Wildman–Crippen MR) is 130 cm³/mol. The van der Waals surface area contributed by atoms with Gasteiger partial charge in [-0.2, -0.15) is 0 Å². The molecular formula is C24H22BrCl2N3O4. The SMILES string of the molecule is O=C1[C@H]2CC(Cl)=CC[C@H]2C(=O)N1CN(CN1C(=O)[C@@H]2CC=C(Cl)C[C@H]2C1=O)c1ccc(Br)cc1. The molecule has 5 rings (SSSR count). The Kier molecular flexibility index (Phi) is 6.33. The number of imide groups is 2. The first-order valence-electron chi connectivity index (χ1n) is 11.1. The van der Waals surface area contributed by atoms with Gasteiger partial charge in [-0.05, 0) is 49.9 Å². The molecule has 0 saturated carbocycles. The van der Waals surface area contributed by atoms with Gasteiger partial charge in [-0.15, -0.1) is 0 Å². The van der Waals surface area contributed by atoms with Crippen LogP contribution in [0.25, 0.3) is 0 Å². The first-order chi connectivity index (χ1) is 16.2. The third-order valence-corrected chi connectivity index (χ3v) is 8.28. The van der Waals surface area contributed by atoms with Gasteiger partial charge in [0.1, 0.15) is 13.3 Å². The van der Waals surface area contributed by atoms with E-state index in [0.717, 1.165) is 4.47 Å². The van der Waals surface area contributed by atoms with Crippen LogP contribution in [-0.2, 0) is 19.2 Å². The molecule has 2 aliphatic carbocycles. The van der Waals surface area contributed by atoms with Crippen LogP contribution in [0.15, 0.2) is 51.0 Å². The Balaban J connectivity index is 1.41. The molecule has 4 amide bonds. The molecule has 2 aliphatic heterocycles. The maximum absolute atomic E-state index is 13.1. The molecule has 0 radical (unpaired) electrons. The van der Waals surface area contributed by atoms with Gasteiger partial charge in [0.2, 0.25) is 23.6 Å². The van der Waals surface area contributed by atoms with Crippen molar-refractivity contribution in [2.75, 3.05) is 18.2 Å². The van der Waals surface area contributed by atoms with Crippen LogP contribution in [0.2, 0.25) is 0 Å². The number of rotatable bonds is 5. The van der Waals surface area contributed by atoms with Crippen molar-refractivity contribution in [2.45, 2.75) is 25.7 Å². The zero-order valence-corrected chi connectivity index (χ0v) is 21.2. The molecule has 0 bridgehead atoms. The van der Waals surface area contributed by atoms with Gasteiger partial charge >= 0.3 is 0 Å². The highest BCUT2D eigenvalue weighted by Crippen LogP contribution is 2.41. The van der Waals surface area contributed by atoms with Gasteiger partial charge in [-0.25, -0.2) is 0 Å². The lowest BCUT2D eigenvalue weighted by Crippen LogP contribution is -2.48. The summed E-state index contributed by atoms with van der Waals surface area (Å²) in [5.74, 6) is -2.83. The maximum Gasteiger partial charge on any atom is 0.234 e. The van der Waals surface area contributed by atoms with Gasteiger partial charge in [0.05, 0.1) is 23.7 Å². The van der Waals surface area contributed by atoms with Gasteiger partial charge in [0.15, 0.2) is 0 Å². The minimum absolute atomic E-state index is 0.0602. The van der Waals surface area contributed by atoms with Crippen molar-refractivity contribution in [3.63, 3.8) is 0 Å². The van der Waals surface area contributed by atoms with Gasteiger partial charge < -0.3 is 4.90 Å². The molecule has 0 spiro atoms. The van der Waals surface area contributed by atoms with Gasteiger partial charge in [0.25, 0.3) is 0 Å². The van der Waals surface area contributed by atoms with Crippen LogP contribution >= 0.6 is 39.1 Å². The van der Waals surface area contributed by atoms with Crippen LogP contribution in [-0.4, -0.2) is 46.8 Å². The third-order valence-electron chi connectivity index (χ3n) is 7.14. The van der Waals surface area contributed by atoms with Gasteiger partial charge in [0, 0.05) is 20.2 Å². The Morgan fingerprint density at radius 2 is 1.15 bits per heavy atom. The Morgan fingerprint density at radius 1 is 0.735 bits per heavy atom. The number of nitrogens with zero attached hydrogens (tertiary/aromatic N) is 3. The van der Waals surface area contributed by atoms with Crippen molar-refractivity contribution >= 4 is 68.4 Å². The number of likely N-dealkylation sites (tertiary alicyclic amines) is 2. The maximum atomic E-state index is 13.1. The Labute approximate surface area is 215 Å². The molecule has 10 heteroatoms. The van der Waals surface area contributed by atoms with E-state index in [0.29, 0.717) is 41.4 Å². The van der Waals surface area contributed by atoms with E-state index in [-0.39, 0.29) is 37.0 Å². The number of halogens is 3. The molecule has 1 aromatic rings. The van der Waals surface area contributed by atoms with Crippen LogP contribution in [0.3, 0.4) is 0 Å². The van der Waals surface area contributed by atoms with E-state index in [1.807, 2.05) is 24.3 Å². The fourth-order valence-electron chi connectivity index (χ4n) is 5.27. The van der Waals surface area contributed by atoms with Crippen molar-refractivity contribution < 1.29 is 19.2 Å². The summed E-state index contributed by atoms with van der Waals surface area (Å²) in [7, 11) is 0. The average Bonchev–Trinajstić information content (AvgIpc) is 3.18. The number of allylic oxidation sites excluding steroid dienone is 4. The smallest absolute Gasteiger partial charge is 0.234 e. The lowest BCUT2D eigenvalue weighted by atomic mass is 9.85. The third kappa shape index (κ3) is 4.10. The molecule has 0 N–H and O–H groups in total. The van der Waals surface area contributed by atoms with E-state index < -0.39 is 23.7 Å². The summed E-state index contributed by atoms with van der Waals surface area (Å²) in [6.07, 6.45) is 5.17. The summed E-state index contributed by atoms with van der Waals surface area (Å²) in [6.45, 7) is -0.120. The molecule has 178 valence electrons. The topological polar surface area (TPSA) is 78.0 Å². The Morgan fingerprint density at radius 3 is 1.59 bits per heavy atom. The number of carbonyl (C=O) groups excluding carboxylic acids is 4. The standard InChI is InChI=1S/C24H22BrCl2N3O4/c25-13-1-5-16(6-2-13)28(11-29-21(31)17-7-3-14(26)9-19(17)23(29)33)12-30-22(32)18-8-4-15(27)10-20(18)24(30)34/h1-6,17-20H,7-12H2/t17-,18-,19-,20+/m1/s1. The summed E-state index contributed by atoms with van der Waals surface area (Å²) in [5, 5.41) is 1.19. The molecule has 1 aromatic carbocycles. The zero-order valence-electron chi connectivity index (χ0n) is 18.1. The van der Waals surface area contributed by atoms with Gasteiger partial charge in [-0.1, -0.05) is 51.3 Å². The fraction of sp³-hybridized carbons (Fsp3) is 0.417. The summed E-state index contributed by atoms with van der Waals surface area (Å²) in [4.78, 5) is 56.7. The van der Waals surface area contributed by atoms with Crippen LogP contribution in [0.4, 0.5) is 5.69 Å². The molecular weight excluding hydrogens is 545 g/mol. The van der Waals surface area contributed by atoms with Crippen LogP contribution in [0, 0.1) is 23.7 Å². The van der Waals surface area contributed by atoms with Crippen molar-refractivity contribution in [2.24, 2.45) is 23.7 Å². The molecule has 0 unspecified atom stereocenters. The summed E-state index contributed by atoms with van der Waals surface area (Å²) in [5.41, 5.74) is 0.682. The summed E-state index contributed by atoms with van der Waals surface area (Å²) >= 11 is 15.7. The quantitative estimate of drug-likeness (QED) is 0.499. The first-order valence-corrected chi connectivity index (χ1v) is 12.7. The van der Waals surface area contributed by atoms with Crippen molar-refractivity contribution in [3.05, 3.63) is 51.0 Å². The summed E-state index contributed by atoms with van der Waals surface area (Å²) in [6, 6.07) is 7.29. The minimum Gasteiger partial charge on any atom is -0.335 e. The number of benzene rings is 1. The Hall–Kier alpha value is -2.16. The molecule has 2 saturated heterocycles. The predicted octanol–water partition coefficient (Wildman–Crippen LogP) is 4.21. The van der Waals surface area contributed by atoms with E-state index in [1.54, 1.807) is 17.1 Å². The molecule has 34 heavy (non-hydrogen) atoms. The average molecular weight is 567 g/mol. The van der Waals surface area contributed by atoms with E-state index >= 15 is 0 Å². The van der Waals surface area contributed by atoms with E-state index in [2.05, 4.69) is 15.9 Å². The van der Waals surface area contributed by atoms with Gasteiger partial charge in [-0.3, -0.25) is 29.0 Å². The number of carbonyl (C=O) groups is 4. The fourth-order valence-corrected chi connectivity index (χ4v) is 6.05. The van der Waals surface area contributed by atoms with Crippen molar-refractivity contribution in [3.8, 4) is 0 Å². The van der Waals surface area contributed by atoms with Crippen LogP contribution in [0.5, 0.6) is 0 Å². The molecule has 0 aromatic heterocycles. The second-order valence-corrected chi connectivity index (χ2v) is 11.0. The molecule has 4 aliphatic rings. The molecule has 7 nitrogen and oxygen atoms in total. The highest BCUT2D eigenvalue weighted by atomic mass is 79.9. The number of fused-ring (bicyclic) bond motifs is 2.